The van der Waals surface area contributed by atoms with E-state index >= 15 is 0 Å². The summed E-state index contributed by atoms with van der Waals surface area (Å²) >= 11 is 1.30. The van der Waals surface area contributed by atoms with Gasteiger partial charge >= 0.3 is 0 Å². The first kappa shape index (κ1) is 14.0. The van der Waals surface area contributed by atoms with Crippen LogP contribution in [0.2, 0.25) is 0 Å². The zero-order valence-electron chi connectivity index (χ0n) is 10.6. The molecule has 4 heteroatoms. The predicted molar refractivity (Wildman–Crippen MR) is 74.4 cm³/mol. The van der Waals surface area contributed by atoms with E-state index in [4.69, 9.17) is 5.73 Å². The van der Waals surface area contributed by atoms with E-state index in [2.05, 4.69) is 6.07 Å². The van der Waals surface area contributed by atoms with E-state index in [0.717, 1.165) is 28.5 Å². The molecule has 0 amide bonds. The smallest absolute Gasteiger partial charge is 0.140 e. The van der Waals surface area contributed by atoms with Gasteiger partial charge in [0, 0.05) is 15.9 Å². The minimum absolute atomic E-state index is 0.420. The molecule has 0 radical (unpaired) electrons. The van der Waals surface area contributed by atoms with E-state index in [1.807, 2.05) is 19.1 Å². The van der Waals surface area contributed by atoms with Crippen LogP contribution in [0, 0.1) is 18.6 Å². The molecule has 0 unspecified atom stereocenters. The zero-order valence-corrected chi connectivity index (χ0v) is 11.4. The number of benzene rings is 2. The Kier molecular flexibility index (Phi) is 4.56. The van der Waals surface area contributed by atoms with Gasteiger partial charge in [-0.2, -0.15) is 0 Å². The molecule has 0 aliphatic carbocycles. The SMILES string of the molecule is Cc1ccc(Sc2ccc(F)cc2F)c(CCN)c1. The van der Waals surface area contributed by atoms with Crippen LogP contribution in [0.15, 0.2) is 46.2 Å². The summed E-state index contributed by atoms with van der Waals surface area (Å²) < 4.78 is 26.5. The highest BCUT2D eigenvalue weighted by atomic mass is 32.2. The highest BCUT2D eigenvalue weighted by Gasteiger charge is 2.09. The standard InChI is InChI=1S/C15H15F2NS/c1-10-2-4-14(11(8-10)6-7-18)19-15-5-3-12(16)9-13(15)17/h2-5,8-9H,6-7,18H2,1H3. The van der Waals surface area contributed by atoms with Crippen LogP contribution in [0.5, 0.6) is 0 Å². The van der Waals surface area contributed by atoms with Crippen molar-refractivity contribution < 1.29 is 8.78 Å². The van der Waals surface area contributed by atoms with E-state index < -0.39 is 11.6 Å². The Bertz CT molecular complexity index is 584. The van der Waals surface area contributed by atoms with Gasteiger partial charge in [0.2, 0.25) is 0 Å². The van der Waals surface area contributed by atoms with E-state index in [1.54, 1.807) is 0 Å². The van der Waals surface area contributed by atoms with Gasteiger partial charge in [-0.25, -0.2) is 8.78 Å². The summed E-state index contributed by atoms with van der Waals surface area (Å²) in [6.07, 6.45) is 0.743. The molecule has 0 saturated heterocycles. The van der Waals surface area contributed by atoms with Crippen LogP contribution in [0.4, 0.5) is 8.78 Å². The molecular formula is C15H15F2NS. The second-order valence-corrected chi connectivity index (χ2v) is 5.41. The van der Waals surface area contributed by atoms with E-state index in [0.29, 0.717) is 11.4 Å². The summed E-state index contributed by atoms with van der Waals surface area (Å²) in [6, 6.07) is 9.61. The largest absolute Gasteiger partial charge is 0.330 e. The third kappa shape index (κ3) is 3.55. The first-order chi connectivity index (χ1) is 9.10. The van der Waals surface area contributed by atoms with Gasteiger partial charge < -0.3 is 5.73 Å². The minimum Gasteiger partial charge on any atom is -0.330 e. The van der Waals surface area contributed by atoms with Gasteiger partial charge in [-0.05, 0) is 43.7 Å². The maximum atomic E-state index is 13.6. The van der Waals surface area contributed by atoms with Gasteiger partial charge in [0.05, 0.1) is 0 Å². The van der Waals surface area contributed by atoms with Gasteiger partial charge in [-0.3, -0.25) is 0 Å². The minimum atomic E-state index is -0.562. The van der Waals surface area contributed by atoms with Crippen LogP contribution in [0.3, 0.4) is 0 Å². The summed E-state index contributed by atoms with van der Waals surface area (Å²) in [7, 11) is 0. The molecule has 2 aromatic carbocycles. The van der Waals surface area contributed by atoms with Gasteiger partial charge in [0.1, 0.15) is 11.6 Å². The van der Waals surface area contributed by atoms with Crippen LogP contribution < -0.4 is 5.73 Å². The van der Waals surface area contributed by atoms with E-state index in [-0.39, 0.29) is 0 Å². The van der Waals surface area contributed by atoms with Crippen molar-refractivity contribution in [3.8, 4) is 0 Å². The Morgan fingerprint density at radius 3 is 2.47 bits per heavy atom. The van der Waals surface area contributed by atoms with Crippen molar-refractivity contribution in [2.24, 2.45) is 5.73 Å². The van der Waals surface area contributed by atoms with Crippen molar-refractivity contribution in [3.05, 3.63) is 59.2 Å². The molecule has 0 heterocycles. The lowest BCUT2D eigenvalue weighted by Gasteiger charge is -2.10. The first-order valence-electron chi connectivity index (χ1n) is 6.02. The van der Waals surface area contributed by atoms with Crippen molar-refractivity contribution in [3.63, 3.8) is 0 Å². The van der Waals surface area contributed by atoms with Crippen LogP contribution in [-0.4, -0.2) is 6.54 Å². The molecule has 0 aromatic heterocycles. The number of hydrogen-bond acceptors (Lipinski definition) is 2. The molecule has 2 rings (SSSR count). The maximum absolute atomic E-state index is 13.6. The molecule has 2 N–H and O–H groups in total. The predicted octanol–water partition coefficient (Wildman–Crippen LogP) is 3.93. The Hall–Kier alpha value is -1.39. The van der Waals surface area contributed by atoms with Gasteiger partial charge in [0.25, 0.3) is 0 Å². The molecule has 19 heavy (non-hydrogen) atoms. The molecule has 2 aromatic rings. The average molecular weight is 279 g/mol. The molecule has 0 spiro atoms. The fourth-order valence-electron chi connectivity index (χ4n) is 1.84. The Morgan fingerprint density at radius 2 is 1.79 bits per heavy atom. The van der Waals surface area contributed by atoms with Crippen LogP contribution in [0.1, 0.15) is 11.1 Å². The summed E-state index contributed by atoms with van der Waals surface area (Å²) in [5.41, 5.74) is 7.83. The zero-order chi connectivity index (χ0) is 13.8. The third-order valence-corrected chi connectivity index (χ3v) is 3.91. The fraction of sp³-hybridized carbons (Fsp3) is 0.200. The van der Waals surface area contributed by atoms with Crippen molar-refractivity contribution >= 4 is 11.8 Å². The van der Waals surface area contributed by atoms with Gasteiger partial charge in [-0.1, -0.05) is 29.5 Å². The van der Waals surface area contributed by atoms with Crippen molar-refractivity contribution in [1.29, 1.82) is 0 Å². The molecule has 0 fully saturated rings. The molecule has 100 valence electrons. The van der Waals surface area contributed by atoms with Crippen molar-refractivity contribution in [2.45, 2.75) is 23.1 Å². The molecule has 0 bridgehead atoms. The maximum Gasteiger partial charge on any atom is 0.140 e. The monoisotopic (exact) mass is 279 g/mol. The highest BCUT2D eigenvalue weighted by Crippen LogP contribution is 2.33. The Morgan fingerprint density at radius 1 is 1.05 bits per heavy atom. The number of nitrogens with two attached hydrogens (primary N) is 1. The van der Waals surface area contributed by atoms with E-state index in [1.165, 1.54) is 23.9 Å². The molecule has 0 aliphatic heterocycles. The second kappa shape index (κ2) is 6.17. The molecule has 0 aliphatic rings. The van der Waals surface area contributed by atoms with Gasteiger partial charge in [-0.15, -0.1) is 0 Å². The second-order valence-electron chi connectivity index (χ2n) is 4.33. The Balaban J connectivity index is 2.32. The quantitative estimate of drug-likeness (QED) is 0.917. The van der Waals surface area contributed by atoms with Crippen LogP contribution in [-0.2, 0) is 6.42 Å². The average Bonchev–Trinajstić information content (AvgIpc) is 2.36. The normalized spacial score (nSPS) is 10.7. The Labute approximate surface area is 115 Å². The lowest BCUT2D eigenvalue weighted by molar-refractivity contribution is 0.565. The number of aryl methyl sites for hydroxylation is 1. The summed E-state index contributed by atoms with van der Waals surface area (Å²) in [4.78, 5) is 1.38. The number of hydrogen-bond donors (Lipinski definition) is 1. The number of rotatable bonds is 4. The molecular weight excluding hydrogens is 264 g/mol. The van der Waals surface area contributed by atoms with Crippen LogP contribution >= 0.6 is 11.8 Å². The van der Waals surface area contributed by atoms with Crippen molar-refractivity contribution in [1.82, 2.24) is 0 Å². The topological polar surface area (TPSA) is 26.0 Å². The first-order valence-corrected chi connectivity index (χ1v) is 6.84. The highest BCUT2D eigenvalue weighted by molar-refractivity contribution is 7.99. The number of halogens is 2. The van der Waals surface area contributed by atoms with Gasteiger partial charge in [0.15, 0.2) is 0 Å². The third-order valence-electron chi connectivity index (χ3n) is 2.74. The molecule has 0 saturated carbocycles. The van der Waals surface area contributed by atoms with E-state index in [9.17, 15) is 8.78 Å². The molecule has 0 atom stereocenters. The molecule has 1 nitrogen and oxygen atoms in total. The lowest BCUT2D eigenvalue weighted by Crippen LogP contribution is -2.04. The summed E-state index contributed by atoms with van der Waals surface area (Å²) in [6.45, 7) is 2.55. The van der Waals surface area contributed by atoms with Crippen molar-refractivity contribution in [2.75, 3.05) is 6.54 Å². The van der Waals surface area contributed by atoms with Crippen LogP contribution in [0.25, 0.3) is 0 Å². The summed E-state index contributed by atoms with van der Waals surface area (Å²) in [5.74, 6) is -1.10. The fourth-order valence-corrected chi connectivity index (χ4v) is 2.79. The lowest BCUT2D eigenvalue weighted by atomic mass is 10.1. The summed E-state index contributed by atoms with van der Waals surface area (Å²) in [5, 5.41) is 0.